The van der Waals surface area contributed by atoms with Gasteiger partial charge in [0.05, 0.1) is 4.90 Å². The minimum atomic E-state index is -4.05. The minimum Gasteiger partial charge on any atom is -0.345 e. The van der Waals surface area contributed by atoms with Crippen molar-refractivity contribution in [3.63, 3.8) is 0 Å². The van der Waals surface area contributed by atoms with Crippen molar-refractivity contribution in [2.75, 3.05) is 0 Å². The number of hydrogen-bond acceptors (Lipinski definition) is 4. The van der Waals surface area contributed by atoms with Crippen molar-refractivity contribution in [1.29, 1.82) is 0 Å². The first-order valence-corrected chi connectivity index (χ1v) is 7.25. The molecule has 1 saturated carbocycles. The molecule has 1 fully saturated rings. The van der Waals surface area contributed by atoms with Crippen molar-refractivity contribution in [2.45, 2.75) is 23.8 Å². The average molecular weight is 301 g/mol. The van der Waals surface area contributed by atoms with Crippen LogP contribution in [0.3, 0.4) is 0 Å². The Labute approximate surface area is 114 Å². The first-order chi connectivity index (χ1) is 9.38. The number of nitrogens with one attached hydrogen (secondary N) is 3. The van der Waals surface area contributed by atoms with E-state index in [0.717, 1.165) is 37.1 Å². The lowest BCUT2D eigenvalue weighted by atomic mass is 10.4. The Kier molecular flexibility index (Phi) is 4.00. The van der Waals surface area contributed by atoms with E-state index in [2.05, 4.69) is 5.32 Å². The Morgan fingerprint density at radius 1 is 1.10 bits per heavy atom. The standard InChI is InChI=1S/C11H12FN3O4S/c12-7-1-5-9(6-2-7)20(18,19)15-14-11(17)10(16)13-8-3-4-8/h1-2,5-6,8,15H,3-4H2,(H,13,16)(H,14,17). The summed E-state index contributed by atoms with van der Waals surface area (Å²) in [5.74, 6) is -2.60. The van der Waals surface area contributed by atoms with E-state index in [1.165, 1.54) is 0 Å². The Balaban J connectivity index is 1.93. The lowest BCUT2D eigenvalue weighted by molar-refractivity contribution is -0.139. The first kappa shape index (κ1) is 14.4. The summed E-state index contributed by atoms with van der Waals surface area (Å²) in [6.07, 6.45) is 1.61. The largest absolute Gasteiger partial charge is 0.345 e. The van der Waals surface area contributed by atoms with E-state index >= 15 is 0 Å². The molecule has 0 saturated heterocycles. The lowest BCUT2D eigenvalue weighted by Gasteiger charge is -2.08. The highest BCUT2D eigenvalue weighted by molar-refractivity contribution is 7.89. The van der Waals surface area contributed by atoms with Gasteiger partial charge in [0.2, 0.25) is 0 Å². The van der Waals surface area contributed by atoms with E-state index in [4.69, 9.17) is 0 Å². The first-order valence-electron chi connectivity index (χ1n) is 5.77. The SMILES string of the molecule is O=C(NNS(=O)(=O)c1ccc(F)cc1)C(=O)NC1CC1. The van der Waals surface area contributed by atoms with Crippen LogP contribution in [0.4, 0.5) is 4.39 Å². The van der Waals surface area contributed by atoms with E-state index in [0.29, 0.717) is 0 Å². The molecule has 0 radical (unpaired) electrons. The van der Waals surface area contributed by atoms with Crippen LogP contribution >= 0.6 is 0 Å². The second-order valence-corrected chi connectivity index (χ2v) is 5.94. The maximum atomic E-state index is 12.7. The van der Waals surface area contributed by atoms with Crippen LogP contribution in [0.25, 0.3) is 0 Å². The van der Waals surface area contributed by atoms with Crippen LogP contribution in [0, 0.1) is 5.82 Å². The zero-order chi connectivity index (χ0) is 14.8. The second kappa shape index (κ2) is 5.55. The number of carbonyl (C=O) groups is 2. The van der Waals surface area contributed by atoms with Gasteiger partial charge in [-0.05, 0) is 37.1 Å². The van der Waals surface area contributed by atoms with Crippen LogP contribution in [-0.2, 0) is 19.6 Å². The van der Waals surface area contributed by atoms with Gasteiger partial charge in [0, 0.05) is 6.04 Å². The van der Waals surface area contributed by atoms with Crippen LogP contribution < -0.4 is 15.6 Å². The summed E-state index contributed by atoms with van der Waals surface area (Å²) in [5.41, 5.74) is 1.79. The zero-order valence-electron chi connectivity index (χ0n) is 10.2. The van der Waals surface area contributed by atoms with Gasteiger partial charge < -0.3 is 5.32 Å². The molecule has 2 amide bonds. The molecule has 1 aromatic carbocycles. The fraction of sp³-hybridized carbons (Fsp3) is 0.273. The van der Waals surface area contributed by atoms with Gasteiger partial charge in [0.1, 0.15) is 5.82 Å². The fourth-order valence-electron chi connectivity index (χ4n) is 1.32. The Hall–Kier alpha value is -2.00. The summed E-state index contributed by atoms with van der Waals surface area (Å²) in [7, 11) is -4.05. The Morgan fingerprint density at radius 3 is 2.25 bits per heavy atom. The lowest BCUT2D eigenvalue weighted by Crippen LogP contribution is -2.48. The molecule has 2 rings (SSSR count). The van der Waals surface area contributed by atoms with Crippen molar-refractivity contribution in [1.82, 2.24) is 15.6 Å². The fourth-order valence-corrected chi connectivity index (χ4v) is 2.16. The third-order valence-electron chi connectivity index (χ3n) is 2.54. The second-order valence-electron chi connectivity index (χ2n) is 4.26. The van der Waals surface area contributed by atoms with E-state index in [9.17, 15) is 22.4 Å². The number of hydrogen-bond donors (Lipinski definition) is 3. The normalized spacial score (nSPS) is 14.7. The molecular weight excluding hydrogens is 289 g/mol. The van der Waals surface area contributed by atoms with Crippen molar-refractivity contribution < 1.29 is 22.4 Å². The van der Waals surface area contributed by atoms with Crippen LogP contribution in [0.15, 0.2) is 29.2 Å². The van der Waals surface area contributed by atoms with Gasteiger partial charge >= 0.3 is 11.8 Å². The molecule has 0 unspecified atom stereocenters. The molecule has 1 aliphatic carbocycles. The highest BCUT2D eigenvalue weighted by Crippen LogP contribution is 2.18. The topological polar surface area (TPSA) is 104 Å². The molecule has 3 N–H and O–H groups in total. The molecule has 0 heterocycles. The van der Waals surface area contributed by atoms with E-state index in [1.807, 2.05) is 0 Å². The highest BCUT2D eigenvalue weighted by atomic mass is 32.2. The Bertz CT molecular complexity index is 626. The molecule has 20 heavy (non-hydrogen) atoms. The molecule has 1 aromatic rings. The van der Waals surface area contributed by atoms with E-state index in [-0.39, 0.29) is 10.9 Å². The van der Waals surface area contributed by atoms with Crippen molar-refractivity contribution in [3.8, 4) is 0 Å². The van der Waals surface area contributed by atoms with Gasteiger partial charge in [-0.3, -0.25) is 15.0 Å². The van der Waals surface area contributed by atoms with Gasteiger partial charge in [-0.1, -0.05) is 0 Å². The zero-order valence-corrected chi connectivity index (χ0v) is 11.0. The summed E-state index contributed by atoms with van der Waals surface area (Å²) in [6, 6.07) is 4.00. The smallest absolute Gasteiger partial charge is 0.324 e. The predicted octanol–water partition coefficient (Wildman–Crippen LogP) is -0.586. The van der Waals surface area contributed by atoms with Gasteiger partial charge in [0.25, 0.3) is 10.0 Å². The van der Waals surface area contributed by atoms with E-state index < -0.39 is 27.7 Å². The molecule has 0 aromatic heterocycles. The third-order valence-corrected chi connectivity index (χ3v) is 3.81. The predicted molar refractivity (Wildman–Crippen MR) is 66.0 cm³/mol. The van der Waals surface area contributed by atoms with Gasteiger partial charge in [-0.25, -0.2) is 12.8 Å². The van der Waals surface area contributed by atoms with Crippen LogP contribution in [0.5, 0.6) is 0 Å². The molecule has 0 aliphatic heterocycles. The molecule has 7 nitrogen and oxygen atoms in total. The van der Waals surface area contributed by atoms with Crippen molar-refractivity contribution >= 4 is 21.8 Å². The van der Waals surface area contributed by atoms with E-state index in [1.54, 1.807) is 10.3 Å². The molecular formula is C11H12FN3O4S. The van der Waals surface area contributed by atoms with Gasteiger partial charge in [-0.15, -0.1) is 4.83 Å². The summed E-state index contributed by atoms with van der Waals surface area (Å²) in [5, 5.41) is 2.40. The third kappa shape index (κ3) is 3.75. The number of benzene rings is 1. The molecule has 9 heteroatoms. The average Bonchev–Trinajstić information content (AvgIpc) is 3.20. The number of rotatable bonds is 4. The molecule has 0 atom stereocenters. The quantitative estimate of drug-likeness (QED) is 0.511. The number of sulfonamides is 1. The minimum absolute atomic E-state index is 0.0121. The maximum Gasteiger partial charge on any atom is 0.324 e. The summed E-state index contributed by atoms with van der Waals surface area (Å²) in [6.45, 7) is 0. The van der Waals surface area contributed by atoms with Crippen molar-refractivity contribution in [2.24, 2.45) is 0 Å². The number of carbonyl (C=O) groups excluding carboxylic acids is 2. The maximum absolute atomic E-state index is 12.7. The van der Waals surface area contributed by atoms with Gasteiger partial charge in [0.15, 0.2) is 0 Å². The molecule has 0 spiro atoms. The van der Waals surface area contributed by atoms with Crippen LogP contribution in [0.1, 0.15) is 12.8 Å². The molecule has 0 bridgehead atoms. The number of halogens is 1. The summed E-state index contributed by atoms with van der Waals surface area (Å²) >= 11 is 0. The van der Waals surface area contributed by atoms with Crippen molar-refractivity contribution in [3.05, 3.63) is 30.1 Å². The van der Waals surface area contributed by atoms with Crippen LogP contribution in [-0.4, -0.2) is 26.3 Å². The molecule has 108 valence electrons. The monoisotopic (exact) mass is 301 g/mol. The number of hydrazine groups is 1. The molecule has 1 aliphatic rings. The van der Waals surface area contributed by atoms with Gasteiger partial charge in [-0.2, -0.15) is 0 Å². The summed E-state index contributed by atoms with van der Waals surface area (Å²) < 4.78 is 36.1. The summed E-state index contributed by atoms with van der Waals surface area (Å²) in [4.78, 5) is 24.1. The highest BCUT2D eigenvalue weighted by Gasteiger charge is 2.27. The van der Waals surface area contributed by atoms with Crippen LogP contribution in [0.2, 0.25) is 0 Å². The number of amides is 2. The Morgan fingerprint density at radius 2 is 1.70 bits per heavy atom.